The van der Waals surface area contributed by atoms with Crippen LogP contribution in [0.15, 0.2) is 47.0 Å². The minimum Gasteiger partial charge on any atom is -0.493 e. The lowest BCUT2D eigenvalue weighted by Gasteiger charge is -2.37. The highest BCUT2D eigenvalue weighted by molar-refractivity contribution is 5.92. The fraction of sp³-hybridized carbons (Fsp3) is 0.360. The van der Waals surface area contributed by atoms with Gasteiger partial charge in [0.15, 0.2) is 0 Å². The monoisotopic (exact) mass is 433 g/mol. The van der Waals surface area contributed by atoms with Gasteiger partial charge in [0.05, 0.1) is 6.61 Å². The molecule has 0 saturated carbocycles. The van der Waals surface area contributed by atoms with Crippen molar-refractivity contribution in [3.63, 3.8) is 0 Å². The summed E-state index contributed by atoms with van der Waals surface area (Å²) in [5.41, 5.74) is 4.97. The molecule has 0 atom stereocenters. The number of fused-ring (bicyclic) bond motifs is 2. The van der Waals surface area contributed by atoms with Crippen molar-refractivity contribution in [2.45, 2.75) is 31.7 Å². The Morgan fingerprint density at radius 3 is 2.75 bits per heavy atom. The van der Waals surface area contributed by atoms with E-state index in [1.165, 1.54) is 6.07 Å². The first-order chi connectivity index (χ1) is 15.7. The molecule has 0 N–H and O–H groups in total. The zero-order chi connectivity index (χ0) is 21.7. The largest absolute Gasteiger partial charge is 0.493 e. The Morgan fingerprint density at radius 2 is 1.88 bits per heavy atom. The van der Waals surface area contributed by atoms with Crippen LogP contribution in [0.1, 0.15) is 34.5 Å². The Bertz CT molecular complexity index is 1180. The van der Waals surface area contributed by atoms with Gasteiger partial charge in [0.1, 0.15) is 17.3 Å². The number of amides is 1. The van der Waals surface area contributed by atoms with E-state index < -0.39 is 0 Å². The van der Waals surface area contributed by atoms with Crippen LogP contribution >= 0.6 is 0 Å². The predicted molar refractivity (Wildman–Crippen MR) is 118 cm³/mol. The predicted octanol–water partition coefficient (Wildman–Crippen LogP) is 4.08. The van der Waals surface area contributed by atoms with Crippen molar-refractivity contribution in [1.29, 1.82) is 0 Å². The molecule has 4 heterocycles. The Hall–Kier alpha value is -3.35. The normalized spacial score (nSPS) is 17.9. The number of carbonyl (C=O) groups is 1. The van der Waals surface area contributed by atoms with E-state index in [0.717, 1.165) is 60.4 Å². The molecule has 6 rings (SSSR count). The van der Waals surface area contributed by atoms with Crippen LogP contribution in [-0.2, 0) is 12.8 Å². The number of anilines is 1. The molecule has 1 fully saturated rings. The van der Waals surface area contributed by atoms with Gasteiger partial charge >= 0.3 is 0 Å². The Morgan fingerprint density at radius 1 is 1.00 bits per heavy atom. The second-order valence-corrected chi connectivity index (χ2v) is 8.74. The number of likely N-dealkylation sites (tertiary alicyclic amines) is 1. The van der Waals surface area contributed by atoms with Crippen LogP contribution in [0.2, 0.25) is 0 Å². The fourth-order valence-electron chi connectivity index (χ4n) is 5.17. The molecule has 1 saturated heterocycles. The van der Waals surface area contributed by atoms with Crippen LogP contribution in [0.5, 0.6) is 5.75 Å². The highest BCUT2D eigenvalue weighted by Gasteiger charge is 2.32. The molecule has 3 aliphatic rings. The van der Waals surface area contributed by atoms with E-state index >= 15 is 0 Å². The Labute approximate surface area is 185 Å². The average Bonchev–Trinajstić information content (AvgIpc) is 3.57. The van der Waals surface area contributed by atoms with Crippen molar-refractivity contribution < 1.29 is 18.4 Å². The minimum absolute atomic E-state index is 0.115. The first-order valence-corrected chi connectivity index (χ1v) is 11.2. The SMILES string of the molecule is O=C(c1cc(-c2ccc3c(c2)CCO3)no1)N1CCC(N2CCc3cc(F)ccc32)CC1. The molecule has 3 aliphatic heterocycles. The number of hydrogen-bond acceptors (Lipinski definition) is 5. The van der Waals surface area contributed by atoms with Gasteiger partial charge in [0, 0.05) is 49.4 Å². The molecule has 0 spiro atoms. The molecule has 1 aromatic heterocycles. The second-order valence-electron chi connectivity index (χ2n) is 8.74. The summed E-state index contributed by atoms with van der Waals surface area (Å²) >= 11 is 0. The molecule has 6 nitrogen and oxygen atoms in total. The molecular weight excluding hydrogens is 409 g/mol. The number of carbonyl (C=O) groups excluding carboxylic acids is 1. The van der Waals surface area contributed by atoms with Crippen molar-refractivity contribution in [2.24, 2.45) is 0 Å². The number of piperidine rings is 1. The smallest absolute Gasteiger partial charge is 0.292 e. The summed E-state index contributed by atoms with van der Waals surface area (Å²) in [4.78, 5) is 17.2. The van der Waals surface area contributed by atoms with Gasteiger partial charge in [-0.2, -0.15) is 0 Å². The first-order valence-electron chi connectivity index (χ1n) is 11.2. The summed E-state index contributed by atoms with van der Waals surface area (Å²) in [7, 11) is 0. The maximum absolute atomic E-state index is 13.5. The third kappa shape index (κ3) is 3.32. The molecule has 2 aromatic carbocycles. The van der Waals surface area contributed by atoms with Crippen molar-refractivity contribution in [3.8, 4) is 17.0 Å². The summed E-state index contributed by atoms with van der Waals surface area (Å²) in [6, 6.07) is 13.1. The van der Waals surface area contributed by atoms with E-state index in [0.29, 0.717) is 31.4 Å². The third-order valence-electron chi connectivity index (χ3n) is 6.87. The number of halogens is 1. The van der Waals surface area contributed by atoms with E-state index in [-0.39, 0.29) is 17.5 Å². The van der Waals surface area contributed by atoms with Crippen LogP contribution in [0, 0.1) is 5.82 Å². The van der Waals surface area contributed by atoms with Crippen LogP contribution in [-0.4, -0.2) is 48.2 Å². The number of benzene rings is 2. The zero-order valence-corrected chi connectivity index (χ0v) is 17.7. The molecule has 0 bridgehead atoms. The summed E-state index contributed by atoms with van der Waals surface area (Å²) < 4.78 is 24.5. The lowest BCUT2D eigenvalue weighted by molar-refractivity contribution is 0.0671. The topological polar surface area (TPSA) is 58.8 Å². The molecule has 3 aromatic rings. The van der Waals surface area contributed by atoms with Gasteiger partial charge < -0.3 is 19.1 Å². The van der Waals surface area contributed by atoms with Crippen molar-refractivity contribution in [1.82, 2.24) is 10.1 Å². The molecule has 1 amide bonds. The van der Waals surface area contributed by atoms with E-state index in [1.54, 1.807) is 12.1 Å². The average molecular weight is 433 g/mol. The molecular formula is C25H24FN3O3. The van der Waals surface area contributed by atoms with Gasteiger partial charge in [-0.15, -0.1) is 0 Å². The van der Waals surface area contributed by atoms with E-state index in [2.05, 4.69) is 16.1 Å². The molecule has 0 unspecified atom stereocenters. The summed E-state index contributed by atoms with van der Waals surface area (Å²) in [6.45, 7) is 2.96. The third-order valence-corrected chi connectivity index (χ3v) is 6.87. The van der Waals surface area contributed by atoms with Crippen LogP contribution in [0.4, 0.5) is 10.1 Å². The number of aromatic nitrogens is 1. The number of hydrogen-bond donors (Lipinski definition) is 0. The van der Waals surface area contributed by atoms with Gasteiger partial charge in [0.2, 0.25) is 5.76 Å². The van der Waals surface area contributed by atoms with Gasteiger partial charge in [-0.1, -0.05) is 5.16 Å². The van der Waals surface area contributed by atoms with Crippen molar-refractivity contribution in [3.05, 3.63) is 65.2 Å². The van der Waals surface area contributed by atoms with Crippen LogP contribution < -0.4 is 9.64 Å². The quantitative estimate of drug-likeness (QED) is 0.623. The highest BCUT2D eigenvalue weighted by atomic mass is 19.1. The lowest BCUT2D eigenvalue weighted by Crippen LogP contribution is -2.46. The van der Waals surface area contributed by atoms with E-state index in [9.17, 15) is 9.18 Å². The van der Waals surface area contributed by atoms with Gasteiger partial charge in [-0.05, 0) is 66.8 Å². The fourth-order valence-corrected chi connectivity index (χ4v) is 5.17. The first kappa shape index (κ1) is 19.3. The Balaban J connectivity index is 1.12. The summed E-state index contributed by atoms with van der Waals surface area (Å²) in [5, 5.41) is 4.14. The molecule has 0 radical (unpaired) electrons. The van der Waals surface area contributed by atoms with Gasteiger partial charge in [-0.25, -0.2) is 4.39 Å². The molecule has 0 aliphatic carbocycles. The zero-order valence-electron chi connectivity index (χ0n) is 17.7. The van der Waals surface area contributed by atoms with E-state index in [1.807, 2.05) is 23.1 Å². The summed E-state index contributed by atoms with van der Waals surface area (Å²) in [6.07, 6.45) is 3.53. The standard InChI is InChI=1S/C25H24FN3O3/c26-19-2-3-22-17(14-19)5-11-29(22)20-6-9-28(10-7-20)25(30)24-15-21(27-32-24)16-1-4-23-18(13-16)8-12-31-23/h1-4,13-15,20H,5-12H2. The van der Waals surface area contributed by atoms with Gasteiger partial charge in [-0.3, -0.25) is 4.79 Å². The summed E-state index contributed by atoms with van der Waals surface area (Å²) in [5.74, 6) is 0.903. The van der Waals surface area contributed by atoms with E-state index in [4.69, 9.17) is 9.26 Å². The van der Waals surface area contributed by atoms with Crippen molar-refractivity contribution in [2.75, 3.05) is 31.1 Å². The molecule has 164 valence electrons. The number of ether oxygens (including phenoxy) is 1. The number of rotatable bonds is 3. The Kier molecular flexibility index (Phi) is 4.63. The second kappa shape index (κ2) is 7.65. The maximum Gasteiger partial charge on any atom is 0.292 e. The lowest BCUT2D eigenvalue weighted by atomic mass is 10.0. The maximum atomic E-state index is 13.5. The van der Waals surface area contributed by atoms with Crippen LogP contribution in [0.3, 0.4) is 0 Å². The number of nitrogens with zero attached hydrogens (tertiary/aromatic N) is 3. The van der Waals surface area contributed by atoms with Crippen molar-refractivity contribution >= 4 is 11.6 Å². The minimum atomic E-state index is -0.175. The highest BCUT2D eigenvalue weighted by Crippen LogP contribution is 2.34. The molecule has 32 heavy (non-hydrogen) atoms. The van der Waals surface area contributed by atoms with Crippen LogP contribution in [0.25, 0.3) is 11.3 Å². The van der Waals surface area contributed by atoms with Gasteiger partial charge in [0.25, 0.3) is 5.91 Å². The molecule has 7 heteroatoms.